The maximum Gasteiger partial charge on any atom is 0.419 e. The predicted octanol–water partition coefficient (Wildman–Crippen LogP) is 4.55. The van der Waals surface area contributed by atoms with Gasteiger partial charge >= 0.3 is 6.09 Å². The molecule has 0 amide bonds. The van der Waals surface area contributed by atoms with E-state index in [0.29, 0.717) is 22.1 Å². The molecule has 0 aliphatic rings. The fraction of sp³-hybridized carbons (Fsp3) is 0.304. The van der Waals surface area contributed by atoms with Crippen molar-refractivity contribution in [1.82, 2.24) is 19.3 Å². The third-order valence-corrected chi connectivity index (χ3v) is 5.01. The summed E-state index contributed by atoms with van der Waals surface area (Å²) in [5.41, 5.74) is 1.20. The second-order valence-electron chi connectivity index (χ2n) is 8.43. The highest BCUT2D eigenvalue weighted by Crippen LogP contribution is 2.36. The molecule has 9 heteroatoms. The predicted molar refractivity (Wildman–Crippen MR) is 116 cm³/mol. The van der Waals surface area contributed by atoms with Crippen molar-refractivity contribution in [3.05, 3.63) is 53.2 Å². The van der Waals surface area contributed by atoms with Gasteiger partial charge in [-0.25, -0.2) is 14.2 Å². The molecule has 0 aliphatic carbocycles. The summed E-state index contributed by atoms with van der Waals surface area (Å²) >= 11 is 0. The molecule has 0 fully saturated rings. The number of hydrogen-bond acceptors (Lipinski definition) is 6. The first-order valence-electron chi connectivity index (χ1n) is 9.96. The molecule has 0 saturated heterocycles. The number of aryl methyl sites for hydroxylation is 1. The van der Waals surface area contributed by atoms with Gasteiger partial charge in [-0.05, 0) is 45.9 Å². The van der Waals surface area contributed by atoms with E-state index in [1.54, 1.807) is 63.0 Å². The number of ether oxygens (including phenoxy) is 2. The summed E-state index contributed by atoms with van der Waals surface area (Å²) in [6, 6.07) is 7.09. The van der Waals surface area contributed by atoms with E-state index in [1.165, 1.54) is 11.7 Å². The minimum Gasteiger partial charge on any atom is -0.493 e. The number of nitriles is 1. The molecule has 0 saturated carbocycles. The highest BCUT2D eigenvalue weighted by Gasteiger charge is 2.25. The molecule has 3 aromatic heterocycles. The third-order valence-electron chi connectivity index (χ3n) is 5.01. The number of carbonyl (C=O) groups excluding carboxylic acids is 1. The molecular formula is C23H22FN5O3. The first-order valence-corrected chi connectivity index (χ1v) is 9.96. The van der Waals surface area contributed by atoms with E-state index in [4.69, 9.17) is 14.7 Å². The molecule has 0 N–H and O–H groups in total. The van der Waals surface area contributed by atoms with Gasteiger partial charge in [-0.3, -0.25) is 9.25 Å². The van der Waals surface area contributed by atoms with E-state index in [1.807, 2.05) is 6.07 Å². The average Bonchev–Trinajstić information content (AvgIpc) is 3.34. The molecular weight excluding hydrogens is 413 g/mol. The zero-order valence-corrected chi connectivity index (χ0v) is 18.4. The van der Waals surface area contributed by atoms with E-state index in [9.17, 15) is 4.79 Å². The lowest BCUT2D eigenvalue weighted by Crippen LogP contribution is -2.27. The van der Waals surface area contributed by atoms with Crippen LogP contribution in [0.1, 0.15) is 37.6 Å². The Kier molecular flexibility index (Phi) is 5.09. The van der Waals surface area contributed by atoms with Gasteiger partial charge in [0.05, 0.1) is 19.2 Å². The van der Waals surface area contributed by atoms with Crippen LogP contribution >= 0.6 is 0 Å². The highest BCUT2D eigenvalue weighted by molar-refractivity contribution is 5.95. The number of nitrogens with zero attached hydrogens (tertiary/aromatic N) is 5. The largest absolute Gasteiger partial charge is 0.493 e. The Bertz CT molecular complexity index is 1410. The molecule has 1 aromatic carbocycles. The van der Waals surface area contributed by atoms with Crippen molar-refractivity contribution in [2.45, 2.75) is 39.8 Å². The number of rotatable bonds is 3. The van der Waals surface area contributed by atoms with E-state index in [2.05, 4.69) is 10.1 Å². The Labute approximate surface area is 183 Å². The summed E-state index contributed by atoms with van der Waals surface area (Å²) < 4.78 is 29.1. The fourth-order valence-electron chi connectivity index (χ4n) is 3.68. The van der Waals surface area contributed by atoms with Crippen LogP contribution in [0.25, 0.3) is 21.9 Å². The second-order valence-corrected chi connectivity index (χ2v) is 8.43. The van der Waals surface area contributed by atoms with Crippen molar-refractivity contribution in [3.63, 3.8) is 0 Å². The molecule has 164 valence electrons. The number of pyridine rings is 1. The zero-order chi connectivity index (χ0) is 23.2. The van der Waals surface area contributed by atoms with Crippen LogP contribution in [-0.4, -0.2) is 38.1 Å². The smallest absolute Gasteiger partial charge is 0.419 e. The Morgan fingerprint density at radius 1 is 1.28 bits per heavy atom. The molecule has 0 atom stereocenters. The molecule has 0 aliphatic heterocycles. The van der Waals surface area contributed by atoms with Gasteiger partial charge in [0.2, 0.25) is 0 Å². The lowest BCUT2D eigenvalue weighted by Gasteiger charge is -2.20. The van der Waals surface area contributed by atoms with E-state index in [-0.39, 0.29) is 23.6 Å². The zero-order valence-electron chi connectivity index (χ0n) is 18.4. The number of aromatic nitrogens is 4. The Morgan fingerprint density at radius 3 is 2.69 bits per heavy atom. The maximum atomic E-state index is 15.3. The van der Waals surface area contributed by atoms with E-state index < -0.39 is 17.5 Å². The molecule has 0 bridgehead atoms. The number of hydrogen-bond donors (Lipinski definition) is 0. The van der Waals surface area contributed by atoms with Crippen molar-refractivity contribution in [3.8, 4) is 11.8 Å². The minimum absolute atomic E-state index is 0.0853. The van der Waals surface area contributed by atoms with Crippen LogP contribution in [0.15, 0.2) is 30.6 Å². The minimum atomic E-state index is -0.695. The van der Waals surface area contributed by atoms with Crippen molar-refractivity contribution in [2.24, 2.45) is 0 Å². The topological polar surface area (TPSA) is 95.0 Å². The first-order chi connectivity index (χ1) is 15.1. The van der Waals surface area contributed by atoms with Crippen LogP contribution in [0, 0.1) is 24.1 Å². The quantitative estimate of drug-likeness (QED) is 0.469. The van der Waals surface area contributed by atoms with Crippen molar-refractivity contribution >= 4 is 28.0 Å². The Balaban J connectivity index is 1.86. The van der Waals surface area contributed by atoms with Crippen molar-refractivity contribution in [1.29, 1.82) is 5.26 Å². The van der Waals surface area contributed by atoms with Crippen LogP contribution in [0.2, 0.25) is 0 Å². The number of methoxy groups -OCH3 is 1. The van der Waals surface area contributed by atoms with E-state index >= 15 is 4.39 Å². The molecule has 8 nitrogen and oxygen atoms in total. The molecule has 3 heterocycles. The van der Waals surface area contributed by atoms with Gasteiger partial charge in [-0.1, -0.05) is 0 Å². The lowest BCUT2D eigenvalue weighted by atomic mass is 10.0. The van der Waals surface area contributed by atoms with Gasteiger partial charge in [0.1, 0.15) is 17.4 Å². The summed E-state index contributed by atoms with van der Waals surface area (Å²) in [5, 5.41) is 14.9. The van der Waals surface area contributed by atoms with Gasteiger partial charge in [0.25, 0.3) is 0 Å². The van der Waals surface area contributed by atoms with Gasteiger partial charge < -0.3 is 9.47 Å². The molecule has 0 radical (unpaired) electrons. The summed E-state index contributed by atoms with van der Waals surface area (Å²) in [5.74, 6) is -0.470. The SMILES string of the molecule is COc1c(F)c(C)c2c(ccn2C(=O)OC(C)(C)C)c1Cn1cc2ccc(C#N)nc2n1. The molecule has 4 aromatic rings. The van der Waals surface area contributed by atoms with Crippen LogP contribution in [-0.2, 0) is 11.3 Å². The Hall–Kier alpha value is -3.93. The monoisotopic (exact) mass is 435 g/mol. The summed E-state index contributed by atoms with van der Waals surface area (Å²) in [6.07, 6.45) is 2.73. The van der Waals surface area contributed by atoms with Crippen LogP contribution in [0.4, 0.5) is 9.18 Å². The standard InChI is InChI=1S/C23H22FN5O3/c1-13-18(24)20(31-5)17(12-28-11-14-6-7-15(10-25)26-21(14)27-28)16-8-9-29(19(13)16)22(30)32-23(2,3)4/h6-9,11H,12H2,1-5H3. The van der Waals surface area contributed by atoms with Gasteiger partial charge in [-0.2, -0.15) is 10.4 Å². The molecule has 0 unspecified atom stereocenters. The number of halogens is 1. The summed E-state index contributed by atoms with van der Waals surface area (Å²) in [7, 11) is 1.40. The fourth-order valence-corrected chi connectivity index (χ4v) is 3.68. The summed E-state index contributed by atoms with van der Waals surface area (Å²) in [6.45, 7) is 7.08. The van der Waals surface area contributed by atoms with Crippen molar-refractivity contribution in [2.75, 3.05) is 7.11 Å². The van der Waals surface area contributed by atoms with E-state index in [0.717, 1.165) is 5.39 Å². The molecule has 4 rings (SSSR count). The van der Waals surface area contributed by atoms with Gasteiger partial charge in [0.15, 0.2) is 17.2 Å². The van der Waals surface area contributed by atoms with Crippen LogP contribution in [0.3, 0.4) is 0 Å². The van der Waals surface area contributed by atoms with Gasteiger partial charge in [-0.15, -0.1) is 0 Å². The first kappa shape index (κ1) is 21.3. The van der Waals surface area contributed by atoms with Crippen LogP contribution < -0.4 is 4.74 Å². The summed E-state index contributed by atoms with van der Waals surface area (Å²) in [4.78, 5) is 16.9. The Morgan fingerprint density at radius 2 is 2.03 bits per heavy atom. The normalized spacial score (nSPS) is 11.7. The highest BCUT2D eigenvalue weighted by atomic mass is 19.1. The maximum absolute atomic E-state index is 15.3. The number of carbonyl (C=O) groups is 1. The van der Waals surface area contributed by atoms with Crippen LogP contribution in [0.5, 0.6) is 5.75 Å². The third kappa shape index (κ3) is 3.64. The van der Waals surface area contributed by atoms with Gasteiger partial charge in [0, 0.05) is 34.3 Å². The number of benzene rings is 1. The second kappa shape index (κ2) is 7.64. The average molecular weight is 435 g/mol. The molecule has 0 spiro atoms. The molecule has 32 heavy (non-hydrogen) atoms. The van der Waals surface area contributed by atoms with Crippen molar-refractivity contribution < 1.29 is 18.7 Å². The lowest BCUT2D eigenvalue weighted by molar-refractivity contribution is 0.0544. The number of fused-ring (bicyclic) bond motifs is 2.